The van der Waals surface area contributed by atoms with E-state index in [2.05, 4.69) is 9.57 Å². The number of amides is 2. The van der Waals surface area contributed by atoms with Crippen LogP contribution in [0.2, 0.25) is 0 Å². The first-order valence-corrected chi connectivity index (χ1v) is 8.67. The van der Waals surface area contributed by atoms with Crippen molar-refractivity contribution in [2.45, 2.75) is 30.8 Å². The summed E-state index contributed by atoms with van der Waals surface area (Å²) in [4.78, 5) is 37.8. The zero-order valence-electron chi connectivity index (χ0n) is 12.9. The van der Waals surface area contributed by atoms with Crippen LogP contribution in [0.25, 0.3) is 0 Å². The lowest BCUT2D eigenvalue weighted by Gasteiger charge is -2.16. The van der Waals surface area contributed by atoms with E-state index in [4.69, 9.17) is 0 Å². The molecule has 1 saturated heterocycles. The Hall–Kier alpha value is -2.56. The first kappa shape index (κ1) is 18.8. The minimum absolute atomic E-state index is 0.111. The van der Waals surface area contributed by atoms with Gasteiger partial charge in [0.15, 0.2) is 9.84 Å². The van der Waals surface area contributed by atoms with E-state index in [0.717, 1.165) is 12.1 Å². The summed E-state index contributed by atoms with van der Waals surface area (Å²) in [6.07, 6.45) is -2.96. The number of halogens is 2. The average molecular weight is 377 g/mol. The fourth-order valence-corrected chi connectivity index (χ4v) is 3.58. The maximum atomic E-state index is 13.6. The van der Waals surface area contributed by atoms with Crippen LogP contribution in [0.3, 0.4) is 0 Å². The second-order valence-electron chi connectivity index (χ2n) is 5.21. The van der Waals surface area contributed by atoms with Gasteiger partial charge in [0.05, 0.1) is 5.75 Å². The average Bonchev–Trinajstić information content (AvgIpc) is 2.77. The topological polar surface area (TPSA) is 107 Å². The van der Waals surface area contributed by atoms with Gasteiger partial charge in [-0.15, -0.1) is 0 Å². The zero-order chi connectivity index (χ0) is 18.8. The van der Waals surface area contributed by atoms with Crippen molar-refractivity contribution >= 4 is 27.8 Å². The lowest BCUT2D eigenvalue weighted by Crippen LogP contribution is -2.34. The summed E-state index contributed by atoms with van der Waals surface area (Å²) >= 11 is 0. The molecule has 1 heterocycles. The molecule has 1 fully saturated rings. The van der Waals surface area contributed by atoms with Crippen molar-refractivity contribution in [1.29, 1.82) is 0 Å². The van der Waals surface area contributed by atoms with Crippen molar-refractivity contribution in [2.75, 3.05) is 5.75 Å². The molecular weight excluding hydrogens is 364 g/mol. The van der Waals surface area contributed by atoms with Gasteiger partial charge in [0, 0.05) is 18.9 Å². The van der Waals surface area contributed by atoms with Crippen LogP contribution in [0.1, 0.15) is 19.8 Å². The fraction of sp³-hybridized carbons (Fsp3) is 0.357. The van der Waals surface area contributed by atoms with E-state index in [1.54, 1.807) is 0 Å². The highest BCUT2D eigenvalue weighted by Crippen LogP contribution is 2.19. The predicted octanol–water partition coefficient (Wildman–Crippen LogP) is 1.34. The van der Waals surface area contributed by atoms with Gasteiger partial charge in [0.2, 0.25) is 0 Å². The molecule has 0 aliphatic carbocycles. The summed E-state index contributed by atoms with van der Waals surface area (Å²) in [5.41, 5.74) is 0. The third-order valence-corrected chi connectivity index (χ3v) is 5.06. The Morgan fingerprint density at radius 3 is 2.40 bits per heavy atom. The molecule has 1 aromatic rings. The van der Waals surface area contributed by atoms with E-state index < -0.39 is 56.2 Å². The summed E-state index contributed by atoms with van der Waals surface area (Å²) in [5.74, 6) is -4.48. The molecular formula is C14H13F2NO7S. The Morgan fingerprint density at radius 1 is 1.24 bits per heavy atom. The van der Waals surface area contributed by atoms with Crippen LogP contribution in [0.5, 0.6) is 0 Å². The number of carbonyl (C=O) groups is 3. The minimum atomic E-state index is -4.22. The van der Waals surface area contributed by atoms with E-state index in [1.807, 2.05) is 0 Å². The number of imide groups is 1. The highest BCUT2D eigenvalue weighted by atomic mass is 32.2. The molecule has 25 heavy (non-hydrogen) atoms. The molecule has 2 amide bonds. The van der Waals surface area contributed by atoms with E-state index in [9.17, 15) is 31.6 Å². The number of benzene rings is 1. The molecule has 136 valence electrons. The predicted molar refractivity (Wildman–Crippen MR) is 76.5 cm³/mol. The molecule has 2 rings (SSSR count). The molecule has 0 saturated carbocycles. The molecule has 0 bridgehead atoms. The van der Waals surface area contributed by atoms with Gasteiger partial charge in [-0.25, -0.2) is 22.0 Å². The van der Waals surface area contributed by atoms with Crippen molar-refractivity contribution in [3.8, 4) is 0 Å². The van der Waals surface area contributed by atoms with Crippen LogP contribution in [-0.4, -0.2) is 43.3 Å². The van der Waals surface area contributed by atoms with Gasteiger partial charge in [-0.2, -0.15) is 0 Å². The molecule has 0 radical (unpaired) electrons. The molecule has 1 aliphatic rings. The second-order valence-corrected chi connectivity index (χ2v) is 7.21. The van der Waals surface area contributed by atoms with Crippen molar-refractivity contribution in [2.24, 2.45) is 0 Å². The summed E-state index contributed by atoms with van der Waals surface area (Å²) in [5, 5.41) is 0.239. The van der Waals surface area contributed by atoms with Gasteiger partial charge in [0.1, 0.15) is 22.6 Å². The maximum absolute atomic E-state index is 13.6. The third kappa shape index (κ3) is 4.50. The second kappa shape index (κ2) is 7.13. The van der Waals surface area contributed by atoms with E-state index in [0.29, 0.717) is 6.07 Å². The van der Waals surface area contributed by atoms with E-state index in [1.165, 1.54) is 6.92 Å². The van der Waals surface area contributed by atoms with Gasteiger partial charge in [0.25, 0.3) is 11.8 Å². The number of nitrogens with zero attached hydrogens (tertiary/aromatic N) is 1. The van der Waals surface area contributed by atoms with Crippen LogP contribution in [0.15, 0.2) is 23.1 Å². The van der Waals surface area contributed by atoms with Gasteiger partial charge in [-0.1, -0.05) is 5.06 Å². The number of hydrogen-bond acceptors (Lipinski definition) is 7. The lowest BCUT2D eigenvalue weighted by molar-refractivity contribution is -0.178. The van der Waals surface area contributed by atoms with Crippen molar-refractivity contribution in [3.05, 3.63) is 29.8 Å². The summed E-state index contributed by atoms with van der Waals surface area (Å²) in [6.45, 7) is 1.19. The summed E-state index contributed by atoms with van der Waals surface area (Å²) < 4.78 is 55.3. The van der Waals surface area contributed by atoms with Gasteiger partial charge >= 0.3 is 6.16 Å². The van der Waals surface area contributed by atoms with E-state index in [-0.39, 0.29) is 17.9 Å². The molecule has 1 aliphatic heterocycles. The number of ether oxygens (including phenoxy) is 1. The van der Waals surface area contributed by atoms with Crippen LogP contribution in [0, 0.1) is 11.6 Å². The number of hydrogen-bond donors (Lipinski definition) is 0. The number of hydroxylamine groups is 2. The quantitative estimate of drug-likeness (QED) is 0.433. The van der Waals surface area contributed by atoms with Crippen LogP contribution in [0.4, 0.5) is 13.6 Å². The van der Waals surface area contributed by atoms with Crippen LogP contribution < -0.4 is 0 Å². The molecule has 1 unspecified atom stereocenters. The molecule has 11 heteroatoms. The first-order valence-electron chi connectivity index (χ1n) is 7.02. The number of rotatable bonds is 5. The molecule has 0 aromatic heterocycles. The molecule has 1 atom stereocenters. The molecule has 1 aromatic carbocycles. The Morgan fingerprint density at radius 2 is 1.84 bits per heavy atom. The van der Waals surface area contributed by atoms with Gasteiger partial charge < -0.3 is 4.74 Å². The summed E-state index contributed by atoms with van der Waals surface area (Å²) in [7, 11) is -4.22. The lowest BCUT2D eigenvalue weighted by atomic mass is 10.3. The fourth-order valence-electron chi connectivity index (χ4n) is 2.08. The van der Waals surface area contributed by atoms with Crippen molar-refractivity contribution in [3.63, 3.8) is 0 Å². The Kier molecular flexibility index (Phi) is 5.36. The standard InChI is InChI=1S/C14H13F2NO7S/c1-8(23-14(20)24-17-12(18)4-5-13(17)19)7-25(21,22)11-3-2-9(15)6-10(11)16/h2-3,6,8H,4-5,7H2,1H3. The normalized spacial score (nSPS) is 16.0. The van der Waals surface area contributed by atoms with Crippen LogP contribution >= 0.6 is 0 Å². The highest BCUT2D eigenvalue weighted by molar-refractivity contribution is 7.91. The number of sulfone groups is 1. The largest absolute Gasteiger partial charge is 0.534 e. The van der Waals surface area contributed by atoms with Crippen molar-refractivity contribution < 1.29 is 41.2 Å². The Bertz CT molecular complexity index is 808. The van der Waals surface area contributed by atoms with E-state index >= 15 is 0 Å². The van der Waals surface area contributed by atoms with Crippen LogP contribution in [-0.2, 0) is 29.0 Å². The monoisotopic (exact) mass is 377 g/mol. The zero-order valence-corrected chi connectivity index (χ0v) is 13.7. The van der Waals surface area contributed by atoms with Gasteiger partial charge in [-0.3, -0.25) is 14.4 Å². The smallest absolute Gasteiger partial charge is 0.429 e. The Balaban J connectivity index is 1.99. The highest BCUT2D eigenvalue weighted by Gasteiger charge is 2.34. The Labute approximate surface area is 141 Å². The molecule has 0 N–H and O–H groups in total. The third-order valence-electron chi connectivity index (χ3n) is 3.15. The summed E-state index contributed by atoms with van der Waals surface area (Å²) in [6, 6.07) is 1.95. The molecule has 0 spiro atoms. The number of carbonyl (C=O) groups excluding carboxylic acids is 3. The van der Waals surface area contributed by atoms with Crippen molar-refractivity contribution in [1.82, 2.24) is 5.06 Å². The maximum Gasteiger partial charge on any atom is 0.534 e. The molecule has 8 nitrogen and oxygen atoms in total. The SMILES string of the molecule is CC(CS(=O)(=O)c1ccc(F)cc1F)OC(=O)ON1C(=O)CCC1=O. The first-order chi connectivity index (χ1) is 11.6. The minimum Gasteiger partial charge on any atom is -0.429 e. The van der Waals surface area contributed by atoms with Gasteiger partial charge in [-0.05, 0) is 19.1 Å².